The molecule has 0 aliphatic carbocycles. The van der Waals surface area contributed by atoms with Crippen LogP contribution in [0.3, 0.4) is 0 Å². The van der Waals surface area contributed by atoms with Crippen LogP contribution >= 0.6 is 11.3 Å². The van der Waals surface area contributed by atoms with Gasteiger partial charge in [0.05, 0.1) is 5.56 Å². The van der Waals surface area contributed by atoms with Crippen LogP contribution in [0.2, 0.25) is 0 Å². The van der Waals surface area contributed by atoms with Gasteiger partial charge in [-0.15, -0.1) is 11.3 Å². The number of thiophene rings is 1. The summed E-state index contributed by atoms with van der Waals surface area (Å²) in [6, 6.07) is 5.75. The minimum Gasteiger partial charge on any atom is -0.508 e. The number of carbonyl (C=O) groups excluding carboxylic acids is 2. The standard InChI is InChI=1S/C13H13N3O3S/c1-6-9(11(14)18)12(16-13(15)19)20-10(6)7-2-4-8(17)5-3-7/h2-5,17H,1H3,(H2,14,18)(H3,15,16,19). The van der Waals surface area contributed by atoms with E-state index in [9.17, 15) is 14.7 Å². The maximum atomic E-state index is 11.5. The van der Waals surface area contributed by atoms with Gasteiger partial charge in [-0.05, 0) is 42.3 Å². The SMILES string of the molecule is Cc1c(-c2ccc(O)cc2)sc(NC(N)=O)c1C(N)=O. The van der Waals surface area contributed by atoms with Gasteiger partial charge in [0.15, 0.2) is 0 Å². The maximum Gasteiger partial charge on any atom is 0.317 e. The van der Waals surface area contributed by atoms with E-state index in [1.165, 1.54) is 11.3 Å². The third-order valence-corrected chi connectivity index (χ3v) is 4.02. The van der Waals surface area contributed by atoms with Crippen molar-refractivity contribution in [2.24, 2.45) is 11.5 Å². The van der Waals surface area contributed by atoms with Crippen LogP contribution in [0.25, 0.3) is 10.4 Å². The minimum atomic E-state index is -0.758. The van der Waals surface area contributed by atoms with Gasteiger partial charge in [0, 0.05) is 4.88 Å². The molecule has 0 unspecified atom stereocenters. The molecule has 3 amide bonds. The average Bonchev–Trinajstić information content (AvgIpc) is 2.66. The van der Waals surface area contributed by atoms with Crippen LogP contribution < -0.4 is 16.8 Å². The molecule has 1 aromatic carbocycles. The quantitative estimate of drug-likeness (QED) is 0.692. The van der Waals surface area contributed by atoms with Gasteiger partial charge in [0.2, 0.25) is 0 Å². The van der Waals surface area contributed by atoms with E-state index < -0.39 is 11.9 Å². The molecule has 104 valence electrons. The Hall–Kier alpha value is -2.54. The number of nitrogens with two attached hydrogens (primary N) is 2. The highest BCUT2D eigenvalue weighted by atomic mass is 32.1. The Morgan fingerprint density at radius 2 is 1.80 bits per heavy atom. The summed E-state index contributed by atoms with van der Waals surface area (Å²) in [7, 11) is 0. The van der Waals surface area contributed by atoms with Gasteiger partial charge in [-0.3, -0.25) is 10.1 Å². The van der Waals surface area contributed by atoms with E-state index in [0.29, 0.717) is 10.6 Å². The largest absolute Gasteiger partial charge is 0.508 e. The fourth-order valence-corrected chi connectivity index (χ4v) is 3.12. The Morgan fingerprint density at radius 3 is 2.30 bits per heavy atom. The molecule has 0 atom stereocenters. The highest BCUT2D eigenvalue weighted by Crippen LogP contribution is 2.39. The van der Waals surface area contributed by atoms with Crippen molar-refractivity contribution in [3.8, 4) is 16.2 Å². The van der Waals surface area contributed by atoms with E-state index in [-0.39, 0.29) is 11.3 Å². The molecule has 0 fully saturated rings. The molecule has 1 heterocycles. The Morgan fingerprint density at radius 1 is 1.20 bits per heavy atom. The van der Waals surface area contributed by atoms with E-state index in [2.05, 4.69) is 5.32 Å². The fourth-order valence-electron chi connectivity index (χ4n) is 1.90. The van der Waals surface area contributed by atoms with E-state index >= 15 is 0 Å². The van der Waals surface area contributed by atoms with Gasteiger partial charge in [0.25, 0.3) is 5.91 Å². The van der Waals surface area contributed by atoms with Crippen molar-refractivity contribution in [2.45, 2.75) is 6.92 Å². The predicted molar refractivity (Wildman–Crippen MR) is 77.9 cm³/mol. The smallest absolute Gasteiger partial charge is 0.317 e. The number of amides is 3. The summed E-state index contributed by atoms with van der Waals surface area (Å²) in [6.07, 6.45) is 0. The number of nitrogens with one attached hydrogen (secondary N) is 1. The van der Waals surface area contributed by atoms with Gasteiger partial charge in [-0.1, -0.05) is 0 Å². The first-order chi connectivity index (χ1) is 9.40. The second-order valence-corrected chi connectivity index (χ2v) is 5.18. The number of anilines is 1. The first-order valence-corrected chi connectivity index (χ1v) is 6.51. The number of hydrogen-bond acceptors (Lipinski definition) is 4. The van der Waals surface area contributed by atoms with Crippen LogP contribution in [0.4, 0.5) is 9.80 Å². The number of benzene rings is 1. The highest BCUT2D eigenvalue weighted by molar-refractivity contribution is 7.20. The summed E-state index contributed by atoms with van der Waals surface area (Å²) in [6.45, 7) is 1.74. The Balaban J connectivity index is 2.57. The van der Waals surface area contributed by atoms with Crippen molar-refractivity contribution in [3.05, 3.63) is 35.4 Å². The first-order valence-electron chi connectivity index (χ1n) is 5.69. The number of urea groups is 1. The molecule has 6 N–H and O–H groups in total. The highest BCUT2D eigenvalue weighted by Gasteiger charge is 2.20. The summed E-state index contributed by atoms with van der Waals surface area (Å²) in [5.41, 5.74) is 12.1. The number of rotatable bonds is 3. The third-order valence-electron chi connectivity index (χ3n) is 2.76. The van der Waals surface area contributed by atoms with Crippen molar-refractivity contribution in [2.75, 3.05) is 5.32 Å². The Labute approximate surface area is 119 Å². The Kier molecular flexibility index (Phi) is 3.62. The van der Waals surface area contributed by atoms with Crippen molar-refractivity contribution >= 4 is 28.3 Å². The monoisotopic (exact) mass is 291 g/mol. The zero-order valence-electron chi connectivity index (χ0n) is 10.6. The molecular weight excluding hydrogens is 278 g/mol. The minimum absolute atomic E-state index is 0.147. The van der Waals surface area contributed by atoms with Crippen molar-refractivity contribution in [1.82, 2.24) is 0 Å². The summed E-state index contributed by atoms with van der Waals surface area (Å²) < 4.78 is 0. The van der Waals surface area contributed by atoms with Crippen LogP contribution in [0.5, 0.6) is 5.75 Å². The summed E-state index contributed by atoms with van der Waals surface area (Å²) >= 11 is 1.21. The predicted octanol–water partition coefficient (Wildman–Crippen LogP) is 2.02. The van der Waals surface area contributed by atoms with Crippen LogP contribution in [-0.4, -0.2) is 17.0 Å². The zero-order valence-corrected chi connectivity index (χ0v) is 11.5. The fraction of sp³-hybridized carbons (Fsp3) is 0.0769. The summed E-state index contributed by atoms with van der Waals surface area (Å²) in [5.74, 6) is -0.485. The molecule has 20 heavy (non-hydrogen) atoms. The van der Waals surface area contributed by atoms with Crippen molar-refractivity contribution < 1.29 is 14.7 Å². The molecule has 1 aromatic heterocycles. The molecule has 0 bridgehead atoms. The molecular formula is C13H13N3O3S. The average molecular weight is 291 g/mol. The van der Waals surface area contributed by atoms with E-state index in [0.717, 1.165) is 10.4 Å². The normalized spacial score (nSPS) is 10.2. The topological polar surface area (TPSA) is 118 Å². The number of phenols is 1. The second-order valence-electron chi connectivity index (χ2n) is 4.16. The van der Waals surface area contributed by atoms with E-state index in [4.69, 9.17) is 11.5 Å². The van der Waals surface area contributed by atoms with E-state index in [1.54, 1.807) is 31.2 Å². The summed E-state index contributed by atoms with van der Waals surface area (Å²) in [5, 5.41) is 12.0. The van der Waals surface area contributed by atoms with Gasteiger partial charge in [-0.2, -0.15) is 0 Å². The van der Waals surface area contributed by atoms with Gasteiger partial charge < -0.3 is 16.6 Å². The molecule has 2 rings (SSSR count). The van der Waals surface area contributed by atoms with Gasteiger partial charge in [0.1, 0.15) is 10.8 Å². The molecule has 0 saturated heterocycles. The zero-order chi connectivity index (χ0) is 14.9. The molecule has 0 saturated carbocycles. The second kappa shape index (κ2) is 5.22. The number of hydrogen-bond donors (Lipinski definition) is 4. The number of phenolic OH excluding ortho intramolecular Hbond substituents is 1. The maximum absolute atomic E-state index is 11.5. The molecule has 0 radical (unpaired) electrons. The van der Waals surface area contributed by atoms with Crippen LogP contribution in [0, 0.1) is 6.92 Å². The molecule has 6 nitrogen and oxygen atoms in total. The lowest BCUT2D eigenvalue weighted by Gasteiger charge is -2.01. The van der Waals surface area contributed by atoms with E-state index in [1.807, 2.05) is 0 Å². The van der Waals surface area contributed by atoms with Crippen molar-refractivity contribution in [1.29, 1.82) is 0 Å². The third kappa shape index (κ3) is 2.57. The molecule has 0 aliphatic rings. The van der Waals surface area contributed by atoms with Gasteiger partial charge >= 0.3 is 6.03 Å². The lowest BCUT2D eigenvalue weighted by atomic mass is 10.1. The molecule has 0 aliphatic heterocycles. The molecule has 0 spiro atoms. The van der Waals surface area contributed by atoms with Crippen molar-refractivity contribution in [3.63, 3.8) is 0 Å². The first kappa shape index (κ1) is 13.9. The summed E-state index contributed by atoms with van der Waals surface area (Å²) in [4.78, 5) is 23.3. The van der Waals surface area contributed by atoms with Crippen LogP contribution in [0.1, 0.15) is 15.9 Å². The lowest BCUT2D eigenvalue weighted by Crippen LogP contribution is -2.21. The number of carbonyl (C=O) groups is 2. The molecule has 7 heteroatoms. The van der Waals surface area contributed by atoms with Crippen LogP contribution in [0.15, 0.2) is 24.3 Å². The van der Waals surface area contributed by atoms with Crippen LogP contribution in [-0.2, 0) is 0 Å². The number of aromatic hydroxyl groups is 1. The van der Waals surface area contributed by atoms with Gasteiger partial charge in [-0.25, -0.2) is 4.79 Å². The molecule has 2 aromatic rings. The Bertz CT molecular complexity index is 677. The number of primary amides is 2. The lowest BCUT2D eigenvalue weighted by molar-refractivity contribution is 0.100.